The lowest BCUT2D eigenvalue weighted by Gasteiger charge is -2.30. The van der Waals surface area contributed by atoms with Gasteiger partial charge in [0.15, 0.2) is 0 Å². The van der Waals surface area contributed by atoms with Crippen molar-refractivity contribution in [2.75, 3.05) is 23.3 Å². The van der Waals surface area contributed by atoms with E-state index in [1.54, 1.807) is 24.3 Å². The number of piperidine rings is 1. The molecule has 0 saturated carbocycles. The third-order valence-corrected chi connectivity index (χ3v) is 5.91. The van der Waals surface area contributed by atoms with Crippen molar-refractivity contribution < 1.29 is 18.8 Å². The number of halogens is 2. The summed E-state index contributed by atoms with van der Waals surface area (Å²) in [6.45, 7) is 3.61. The maximum atomic E-state index is 13.2. The molecule has 0 aromatic heterocycles. The molecule has 0 spiro atoms. The van der Waals surface area contributed by atoms with E-state index in [0.29, 0.717) is 30.3 Å². The number of imide groups is 1. The fourth-order valence-electron chi connectivity index (χ4n) is 3.70. The molecule has 8 heteroatoms. The van der Waals surface area contributed by atoms with E-state index in [2.05, 4.69) is 12.2 Å². The van der Waals surface area contributed by atoms with Crippen LogP contribution in [0.2, 0.25) is 0 Å². The van der Waals surface area contributed by atoms with Crippen LogP contribution in [-0.2, 0) is 9.59 Å². The number of amides is 3. The number of nitrogens with one attached hydrogen (secondary N) is 1. The molecular formula is C23H21ClFN3O3. The predicted molar refractivity (Wildman–Crippen MR) is 116 cm³/mol. The molecule has 0 unspecified atom stereocenters. The molecule has 0 aliphatic carbocycles. The maximum absolute atomic E-state index is 13.2. The average Bonchev–Trinajstić information content (AvgIpc) is 2.98. The summed E-state index contributed by atoms with van der Waals surface area (Å²) in [6, 6.07) is 11.7. The molecule has 2 aliphatic rings. The number of likely N-dealkylation sites (tertiary alicyclic amines) is 1. The van der Waals surface area contributed by atoms with Gasteiger partial charge in [0.25, 0.3) is 17.7 Å². The topological polar surface area (TPSA) is 69.7 Å². The summed E-state index contributed by atoms with van der Waals surface area (Å²) in [7, 11) is 0. The summed E-state index contributed by atoms with van der Waals surface area (Å²) < 4.78 is 13.2. The van der Waals surface area contributed by atoms with Crippen molar-refractivity contribution >= 4 is 40.7 Å². The van der Waals surface area contributed by atoms with Crippen molar-refractivity contribution in [2.45, 2.75) is 19.8 Å². The average molecular weight is 442 g/mol. The van der Waals surface area contributed by atoms with Gasteiger partial charge in [-0.25, -0.2) is 9.29 Å². The van der Waals surface area contributed by atoms with Gasteiger partial charge in [-0.2, -0.15) is 0 Å². The van der Waals surface area contributed by atoms with Gasteiger partial charge in [0.05, 0.1) is 5.69 Å². The van der Waals surface area contributed by atoms with E-state index in [1.165, 1.54) is 12.1 Å². The first-order valence-electron chi connectivity index (χ1n) is 10.1. The molecular weight excluding hydrogens is 421 g/mol. The van der Waals surface area contributed by atoms with E-state index < -0.39 is 17.6 Å². The molecule has 1 fully saturated rings. The minimum absolute atomic E-state index is 0.0719. The molecule has 2 aromatic rings. The fourth-order valence-corrected chi connectivity index (χ4v) is 3.92. The number of rotatable bonds is 4. The summed E-state index contributed by atoms with van der Waals surface area (Å²) in [5.74, 6) is -1.29. The third kappa shape index (κ3) is 4.18. The zero-order valence-corrected chi connectivity index (χ0v) is 17.7. The Labute approximate surface area is 184 Å². The molecule has 0 bridgehead atoms. The lowest BCUT2D eigenvalue weighted by atomic mass is 9.98. The predicted octanol–water partition coefficient (Wildman–Crippen LogP) is 4.13. The zero-order valence-electron chi connectivity index (χ0n) is 16.9. The summed E-state index contributed by atoms with van der Waals surface area (Å²) in [5.41, 5.74) is 1.08. The second kappa shape index (κ2) is 8.51. The summed E-state index contributed by atoms with van der Waals surface area (Å²) in [4.78, 5) is 40.9. The van der Waals surface area contributed by atoms with Gasteiger partial charge < -0.3 is 10.2 Å². The van der Waals surface area contributed by atoms with Crippen molar-refractivity contribution in [1.29, 1.82) is 0 Å². The zero-order chi connectivity index (χ0) is 22.1. The Morgan fingerprint density at radius 1 is 1.06 bits per heavy atom. The van der Waals surface area contributed by atoms with Crippen LogP contribution in [0.15, 0.2) is 59.3 Å². The highest BCUT2D eigenvalue weighted by atomic mass is 35.5. The van der Waals surface area contributed by atoms with E-state index in [4.69, 9.17) is 11.6 Å². The number of carbonyl (C=O) groups is 3. The molecule has 1 N–H and O–H groups in total. The Morgan fingerprint density at radius 3 is 2.42 bits per heavy atom. The number of hydrogen-bond acceptors (Lipinski definition) is 4. The van der Waals surface area contributed by atoms with Crippen molar-refractivity contribution in [1.82, 2.24) is 4.90 Å². The second-order valence-electron chi connectivity index (χ2n) is 7.79. The Kier molecular flexibility index (Phi) is 5.78. The number of carbonyl (C=O) groups excluding carboxylic acids is 3. The monoisotopic (exact) mass is 441 g/mol. The lowest BCUT2D eigenvalue weighted by Crippen LogP contribution is -2.37. The van der Waals surface area contributed by atoms with Gasteiger partial charge >= 0.3 is 0 Å². The smallest absolute Gasteiger partial charge is 0.283 e. The largest absolute Gasteiger partial charge is 0.350 e. The highest BCUT2D eigenvalue weighted by Gasteiger charge is 2.39. The van der Waals surface area contributed by atoms with Crippen LogP contribution in [0.25, 0.3) is 0 Å². The summed E-state index contributed by atoms with van der Waals surface area (Å²) in [5, 5.41) is 2.61. The number of benzene rings is 2. The van der Waals surface area contributed by atoms with Crippen LogP contribution in [0.3, 0.4) is 0 Å². The second-order valence-corrected chi connectivity index (χ2v) is 8.17. The van der Waals surface area contributed by atoms with Crippen LogP contribution in [0.5, 0.6) is 0 Å². The highest BCUT2D eigenvalue weighted by Crippen LogP contribution is 2.30. The van der Waals surface area contributed by atoms with Crippen LogP contribution >= 0.6 is 11.6 Å². The van der Waals surface area contributed by atoms with E-state index in [1.807, 2.05) is 4.90 Å². The van der Waals surface area contributed by atoms with Crippen LogP contribution in [0, 0.1) is 11.7 Å². The Bertz CT molecular complexity index is 1080. The number of hydrogen-bond donors (Lipinski definition) is 1. The molecule has 0 atom stereocenters. The van der Waals surface area contributed by atoms with Gasteiger partial charge in [-0.05, 0) is 61.2 Å². The summed E-state index contributed by atoms with van der Waals surface area (Å²) in [6.07, 6.45) is 1.95. The first kappa shape index (κ1) is 21.1. The molecule has 2 heterocycles. The Morgan fingerprint density at radius 2 is 1.74 bits per heavy atom. The first-order valence-corrected chi connectivity index (χ1v) is 10.4. The van der Waals surface area contributed by atoms with Gasteiger partial charge in [-0.1, -0.05) is 24.6 Å². The molecule has 3 amide bonds. The Hall–Kier alpha value is -3.19. The third-order valence-electron chi connectivity index (χ3n) is 5.56. The van der Waals surface area contributed by atoms with Crippen molar-refractivity contribution in [3.8, 4) is 0 Å². The SMILES string of the molecule is CC1CCN(C(=O)c2cccc(NC3=C(Cl)C(=O)N(c4ccc(F)cc4)C3=O)c2)CC1. The van der Waals surface area contributed by atoms with Gasteiger partial charge in [0.2, 0.25) is 0 Å². The van der Waals surface area contributed by atoms with Crippen LogP contribution in [0.4, 0.5) is 15.8 Å². The molecule has 1 saturated heterocycles. The molecule has 2 aliphatic heterocycles. The van der Waals surface area contributed by atoms with Crippen LogP contribution in [0.1, 0.15) is 30.1 Å². The fraction of sp³-hybridized carbons (Fsp3) is 0.261. The van der Waals surface area contributed by atoms with Crippen LogP contribution in [-0.4, -0.2) is 35.7 Å². The maximum Gasteiger partial charge on any atom is 0.283 e. The van der Waals surface area contributed by atoms with E-state index >= 15 is 0 Å². The Balaban J connectivity index is 1.53. The van der Waals surface area contributed by atoms with E-state index in [-0.39, 0.29) is 22.3 Å². The summed E-state index contributed by atoms with van der Waals surface area (Å²) >= 11 is 6.14. The normalized spacial score (nSPS) is 17.5. The van der Waals surface area contributed by atoms with Gasteiger partial charge in [0, 0.05) is 24.3 Å². The van der Waals surface area contributed by atoms with E-state index in [9.17, 15) is 18.8 Å². The minimum atomic E-state index is -0.699. The van der Waals surface area contributed by atoms with Crippen molar-refractivity contribution in [2.24, 2.45) is 5.92 Å². The van der Waals surface area contributed by atoms with Crippen molar-refractivity contribution in [3.63, 3.8) is 0 Å². The molecule has 6 nitrogen and oxygen atoms in total. The standard InChI is InChI=1S/C23H21ClFN3O3/c1-14-9-11-27(12-10-14)21(29)15-3-2-4-17(13-15)26-20-19(24)22(30)28(23(20)31)18-7-5-16(25)6-8-18/h2-8,13-14,26H,9-12H2,1H3. The lowest BCUT2D eigenvalue weighted by molar-refractivity contribution is -0.120. The quantitative estimate of drug-likeness (QED) is 0.724. The molecule has 2 aromatic carbocycles. The highest BCUT2D eigenvalue weighted by molar-refractivity contribution is 6.53. The first-order chi connectivity index (χ1) is 14.8. The minimum Gasteiger partial charge on any atom is -0.350 e. The van der Waals surface area contributed by atoms with Crippen molar-refractivity contribution in [3.05, 3.63) is 70.6 Å². The molecule has 160 valence electrons. The van der Waals surface area contributed by atoms with E-state index in [0.717, 1.165) is 29.9 Å². The van der Waals surface area contributed by atoms with Gasteiger partial charge in [-0.3, -0.25) is 14.4 Å². The number of anilines is 2. The molecule has 31 heavy (non-hydrogen) atoms. The molecule has 0 radical (unpaired) electrons. The van der Waals surface area contributed by atoms with Gasteiger partial charge in [-0.15, -0.1) is 0 Å². The molecule has 4 rings (SSSR count). The van der Waals surface area contributed by atoms with Gasteiger partial charge in [0.1, 0.15) is 16.5 Å². The van der Waals surface area contributed by atoms with Crippen LogP contribution < -0.4 is 10.2 Å². The number of nitrogens with zero attached hydrogens (tertiary/aromatic N) is 2.